The average Bonchev–Trinajstić information content (AvgIpc) is 3.16. The molecule has 0 amide bonds. The van der Waals surface area contributed by atoms with Gasteiger partial charge in [-0.1, -0.05) is 0 Å². The summed E-state index contributed by atoms with van der Waals surface area (Å²) >= 11 is 0. The molecular formula is C14H16N4O4. The van der Waals surface area contributed by atoms with Crippen LogP contribution in [0.15, 0.2) is 31.0 Å². The van der Waals surface area contributed by atoms with Crippen LogP contribution in [0.5, 0.6) is 0 Å². The summed E-state index contributed by atoms with van der Waals surface area (Å²) in [5.41, 5.74) is -0.196. The van der Waals surface area contributed by atoms with Gasteiger partial charge >= 0.3 is 0 Å². The molecule has 0 saturated carbocycles. The first-order chi connectivity index (χ1) is 10.5. The summed E-state index contributed by atoms with van der Waals surface area (Å²) in [6.45, 7) is 1.11. The van der Waals surface area contributed by atoms with E-state index in [9.17, 15) is 15.3 Å². The maximum absolute atomic E-state index is 10.6. The molecule has 4 rings (SSSR count). The predicted octanol–water partition coefficient (Wildman–Crippen LogP) is -0.314. The van der Waals surface area contributed by atoms with Crippen LogP contribution < -0.4 is 0 Å². The number of imidazole rings is 1. The highest BCUT2D eigenvalue weighted by Gasteiger charge is 2.53. The molecule has 0 radical (unpaired) electrons. The SMILES string of the molecule is CC1(O)C(n2ccc3c2ncn2ccnc32)OC(CO)[C@H]1O. The Hall–Kier alpha value is -2.00. The first kappa shape index (κ1) is 13.6. The van der Waals surface area contributed by atoms with Crippen LogP contribution in [-0.4, -0.2) is 58.7 Å². The number of ether oxygens (including phenoxy) is 1. The molecule has 116 valence electrons. The minimum atomic E-state index is -1.54. The van der Waals surface area contributed by atoms with Crippen LogP contribution in [0.2, 0.25) is 0 Å². The van der Waals surface area contributed by atoms with E-state index in [1.165, 1.54) is 6.92 Å². The fourth-order valence-electron chi connectivity index (χ4n) is 3.06. The summed E-state index contributed by atoms with van der Waals surface area (Å²) < 4.78 is 9.08. The van der Waals surface area contributed by atoms with Crippen LogP contribution in [0.1, 0.15) is 13.2 Å². The van der Waals surface area contributed by atoms with Crippen molar-refractivity contribution in [3.63, 3.8) is 0 Å². The first-order valence-corrected chi connectivity index (χ1v) is 6.99. The van der Waals surface area contributed by atoms with E-state index in [4.69, 9.17) is 4.74 Å². The van der Waals surface area contributed by atoms with Crippen LogP contribution in [-0.2, 0) is 4.74 Å². The topological polar surface area (TPSA) is 105 Å². The van der Waals surface area contributed by atoms with Crippen molar-refractivity contribution in [2.45, 2.75) is 31.0 Å². The molecule has 4 heterocycles. The van der Waals surface area contributed by atoms with Crippen molar-refractivity contribution in [1.82, 2.24) is 18.9 Å². The molecule has 0 aromatic carbocycles. The van der Waals surface area contributed by atoms with Gasteiger partial charge in [-0.2, -0.15) is 0 Å². The van der Waals surface area contributed by atoms with Crippen LogP contribution >= 0.6 is 0 Å². The van der Waals surface area contributed by atoms with E-state index in [-0.39, 0.29) is 6.61 Å². The molecular weight excluding hydrogens is 288 g/mol. The summed E-state index contributed by atoms with van der Waals surface area (Å²) in [5, 5.41) is 30.8. The lowest BCUT2D eigenvalue weighted by Gasteiger charge is -2.27. The van der Waals surface area contributed by atoms with Crippen LogP contribution in [0, 0.1) is 0 Å². The molecule has 3 N–H and O–H groups in total. The van der Waals surface area contributed by atoms with Crippen LogP contribution in [0.25, 0.3) is 16.7 Å². The van der Waals surface area contributed by atoms with Gasteiger partial charge in [0.2, 0.25) is 0 Å². The third kappa shape index (κ3) is 1.66. The second-order valence-corrected chi connectivity index (χ2v) is 5.74. The van der Waals surface area contributed by atoms with Crippen molar-refractivity contribution in [2.75, 3.05) is 6.61 Å². The lowest BCUT2D eigenvalue weighted by molar-refractivity contribution is -0.0948. The Bertz CT molecular complexity index is 840. The van der Waals surface area contributed by atoms with Crippen molar-refractivity contribution in [1.29, 1.82) is 0 Å². The van der Waals surface area contributed by atoms with Crippen LogP contribution in [0.3, 0.4) is 0 Å². The normalized spacial score (nSPS) is 32.3. The molecule has 3 aromatic heterocycles. The van der Waals surface area contributed by atoms with Gasteiger partial charge in [0.05, 0.1) is 12.0 Å². The van der Waals surface area contributed by atoms with Crippen molar-refractivity contribution in [2.24, 2.45) is 0 Å². The Morgan fingerprint density at radius 3 is 2.86 bits per heavy atom. The summed E-state index contributed by atoms with van der Waals surface area (Å²) in [7, 11) is 0. The number of hydrogen-bond donors (Lipinski definition) is 3. The van der Waals surface area contributed by atoms with E-state index >= 15 is 0 Å². The van der Waals surface area contributed by atoms with Gasteiger partial charge in [-0.15, -0.1) is 0 Å². The minimum absolute atomic E-state index is 0.370. The minimum Gasteiger partial charge on any atom is -0.394 e. The fourth-order valence-corrected chi connectivity index (χ4v) is 3.06. The number of hydrogen-bond acceptors (Lipinski definition) is 6. The molecule has 1 aliphatic rings. The fraction of sp³-hybridized carbons (Fsp3) is 0.429. The number of aromatic nitrogens is 4. The molecule has 1 aliphatic heterocycles. The molecule has 8 heteroatoms. The molecule has 0 spiro atoms. The maximum atomic E-state index is 10.6. The molecule has 3 unspecified atom stereocenters. The molecule has 0 bridgehead atoms. The summed E-state index contributed by atoms with van der Waals surface area (Å²) in [6, 6.07) is 1.84. The Morgan fingerprint density at radius 2 is 2.14 bits per heavy atom. The van der Waals surface area contributed by atoms with Gasteiger partial charge in [0.1, 0.15) is 35.4 Å². The second kappa shape index (κ2) is 4.50. The van der Waals surface area contributed by atoms with Gasteiger partial charge in [-0.05, 0) is 13.0 Å². The number of nitrogens with zero attached hydrogens (tertiary/aromatic N) is 4. The zero-order chi connectivity index (χ0) is 15.5. The van der Waals surface area contributed by atoms with Crippen molar-refractivity contribution in [3.8, 4) is 0 Å². The number of aliphatic hydroxyl groups is 3. The maximum Gasteiger partial charge on any atom is 0.167 e. The molecule has 0 aliphatic carbocycles. The lowest BCUT2D eigenvalue weighted by Crippen LogP contribution is -2.44. The highest BCUT2D eigenvalue weighted by Crippen LogP contribution is 2.39. The van der Waals surface area contributed by atoms with E-state index < -0.39 is 24.0 Å². The number of rotatable bonds is 2. The summed E-state index contributed by atoms with van der Waals surface area (Å²) in [5.74, 6) is 0. The second-order valence-electron chi connectivity index (χ2n) is 5.74. The molecule has 1 fully saturated rings. The van der Waals surface area contributed by atoms with Gasteiger partial charge in [0, 0.05) is 18.6 Å². The van der Waals surface area contributed by atoms with E-state index in [1.54, 1.807) is 33.9 Å². The molecule has 1 saturated heterocycles. The largest absolute Gasteiger partial charge is 0.394 e. The third-order valence-electron chi connectivity index (χ3n) is 4.29. The average molecular weight is 304 g/mol. The third-order valence-corrected chi connectivity index (χ3v) is 4.29. The first-order valence-electron chi connectivity index (χ1n) is 6.99. The monoisotopic (exact) mass is 304 g/mol. The summed E-state index contributed by atoms with van der Waals surface area (Å²) in [4.78, 5) is 8.66. The van der Waals surface area contributed by atoms with E-state index in [0.29, 0.717) is 5.65 Å². The van der Waals surface area contributed by atoms with Gasteiger partial charge in [-0.3, -0.25) is 4.40 Å². The van der Waals surface area contributed by atoms with Crippen molar-refractivity contribution in [3.05, 3.63) is 31.0 Å². The highest BCUT2D eigenvalue weighted by atomic mass is 16.6. The Balaban J connectivity index is 1.87. The van der Waals surface area contributed by atoms with E-state index in [1.807, 2.05) is 6.07 Å². The van der Waals surface area contributed by atoms with E-state index in [0.717, 1.165) is 11.0 Å². The molecule has 22 heavy (non-hydrogen) atoms. The van der Waals surface area contributed by atoms with Crippen molar-refractivity contribution >= 4 is 16.7 Å². The van der Waals surface area contributed by atoms with Gasteiger partial charge < -0.3 is 24.6 Å². The lowest BCUT2D eigenvalue weighted by atomic mass is 9.96. The van der Waals surface area contributed by atoms with Crippen LogP contribution in [0.4, 0.5) is 0 Å². The smallest absolute Gasteiger partial charge is 0.167 e. The standard InChI is InChI=1S/C14H16N4O4/c1-14(21)10(20)9(6-19)22-13(14)18-4-2-8-11-15-3-5-17(11)7-16-12(8)18/h2-5,7,9-10,13,19-21H,6H2,1H3/t9?,10-,13?,14?/m1/s1. The number of aliphatic hydroxyl groups excluding tert-OH is 2. The zero-order valence-electron chi connectivity index (χ0n) is 11.9. The Morgan fingerprint density at radius 1 is 1.32 bits per heavy atom. The van der Waals surface area contributed by atoms with Crippen molar-refractivity contribution < 1.29 is 20.1 Å². The molecule has 3 aromatic rings. The number of fused-ring (bicyclic) bond motifs is 3. The van der Waals surface area contributed by atoms with Gasteiger partial charge in [0.25, 0.3) is 0 Å². The zero-order valence-corrected chi connectivity index (χ0v) is 11.9. The van der Waals surface area contributed by atoms with Gasteiger partial charge in [-0.25, -0.2) is 9.97 Å². The van der Waals surface area contributed by atoms with E-state index in [2.05, 4.69) is 9.97 Å². The highest BCUT2D eigenvalue weighted by molar-refractivity contribution is 5.89. The predicted molar refractivity (Wildman–Crippen MR) is 76.1 cm³/mol. The Labute approximate surface area is 125 Å². The molecule has 4 atom stereocenters. The molecule has 8 nitrogen and oxygen atoms in total. The van der Waals surface area contributed by atoms with Gasteiger partial charge in [0.15, 0.2) is 6.23 Å². The summed E-state index contributed by atoms with van der Waals surface area (Å²) in [6.07, 6.45) is 3.97. The quantitative estimate of drug-likeness (QED) is 0.599. The Kier molecular flexibility index (Phi) is 2.79.